The van der Waals surface area contributed by atoms with Crippen LogP contribution >= 0.6 is 15.9 Å². The average Bonchev–Trinajstić information content (AvgIpc) is 2.39. The Morgan fingerprint density at radius 1 is 1.59 bits per heavy atom. The summed E-state index contributed by atoms with van der Waals surface area (Å²) in [5, 5.41) is 0. The van der Waals surface area contributed by atoms with Crippen LogP contribution in [0.2, 0.25) is 0 Å². The molecule has 0 N–H and O–H groups in total. The highest BCUT2D eigenvalue weighted by Crippen LogP contribution is 2.15. The zero-order valence-electron chi connectivity index (χ0n) is 9.30. The van der Waals surface area contributed by atoms with Gasteiger partial charge in [0.15, 0.2) is 6.10 Å². The predicted octanol–water partition coefficient (Wildman–Crippen LogP) is 0.617. The standard InChI is InChI=1S/C10H12BrN3O3/c1-16-9(15)8-6-14(2-3-17-8)10-12-4-7(11)5-13-10/h4-5,8H,2-3,6H2,1H3. The smallest absolute Gasteiger partial charge is 0.336 e. The number of carbonyl (C=O) groups excluding carboxylic acids is 1. The van der Waals surface area contributed by atoms with E-state index < -0.39 is 6.10 Å². The van der Waals surface area contributed by atoms with Crippen LogP contribution in [0.5, 0.6) is 0 Å². The van der Waals surface area contributed by atoms with Crippen molar-refractivity contribution in [2.75, 3.05) is 31.7 Å². The summed E-state index contributed by atoms with van der Waals surface area (Å²) in [6.45, 7) is 1.53. The van der Waals surface area contributed by atoms with Crippen molar-refractivity contribution in [3.8, 4) is 0 Å². The van der Waals surface area contributed by atoms with E-state index in [2.05, 4.69) is 30.6 Å². The van der Waals surface area contributed by atoms with Crippen LogP contribution in [0, 0.1) is 0 Å². The van der Waals surface area contributed by atoms with Crippen LogP contribution in [0.3, 0.4) is 0 Å². The number of halogens is 1. The molecule has 0 amide bonds. The first-order valence-corrected chi connectivity index (χ1v) is 5.92. The van der Waals surface area contributed by atoms with Gasteiger partial charge < -0.3 is 14.4 Å². The third-order valence-corrected chi connectivity index (χ3v) is 2.83. The van der Waals surface area contributed by atoms with Crippen molar-refractivity contribution in [2.24, 2.45) is 0 Å². The van der Waals surface area contributed by atoms with E-state index in [1.54, 1.807) is 12.4 Å². The maximum absolute atomic E-state index is 11.4. The van der Waals surface area contributed by atoms with Gasteiger partial charge in [-0.25, -0.2) is 14.8 Å². The Bertz CT molecular complexity index is 398. The van der Waals surface area contributed by atoms with Crippen LogP contribution < -0.4 is 4.90 Å². The minimum absolute atomic E-state index is 0.369. The third kappa shape index (κ3) is 2.92. The van der Waals surface area contributed by atoms with Gasteiger partial charge in [0.1, 0.15) is 0 Å². The summed E-state index contributed by atoms with van der Waals surface area (Å²) in [6, 6.07) is 0. The molecule has 1 unspecified atom stereocenters. The topological polar surface area (TPSA) is 64.5 Å². The Hall–Kier alpha value is -1.21. The molecule has 7 heteroatoms. The summed E-state index contributed by atoms with van der Waals surface area (Å²) in [7, 11) is 1.35. The molecule has 1 aliphatic heterocycles. The predicted molar refractivity (Wildman–Crippen MR) is 63.7 cm³/mol. The Balaban J connectivity index is 2.06. The number of anilines is 1. The summed E-state index contributed by atoms with van der Waals surface area (Å²) in [5.41, 5.74) is 0. The maximum atomic E-state index is 11.4. The average molecular weight is 302 g/mol. The molecule has 0 aliphatic carbocycles. The summed E-state index contributed by atoms with van der Waals surface area (Å²) >= 11 is 3.27. The second-order valence-corrected chi connectivity index (χ2v) is 4.45. The Morgan fingerprint density at radius 2 is 2.29 bits per heavy atom. The van der Waals surface area contributed by atoms with Crippen molar-refractivity contribution in [2.45, 2.75) is 6.10 Å². The fourth-order valence-corrected chi connectivity index (χ4v) is 1.78. The van der Waals surface area contributed by atoms with Gasteiger partial charge in [-0.05, 0) is 15.9 Å². The molecule has 0 radical (unpaired) electrons. The zero-order chi connectivity index (χ0) is 12.3. The van der Waals surface area contributed by atoms with Crippen LogP contribution in [0.25, 0.3) is 0 Å². The number of carbonyl (C=O) groups is 1. The first kappa shape index (κ1) is 12.3. The Morgan fingerprint density at radius 3 is 2.94 bits per heavy atom. The molecule has 1 aromatic rings. The van der Waals surface area contributed by atoms with Gasteiger partial charge in [0.25, 0.3) is 0 Å². The molecule has 1 aliphatic rings. The molecular weight excluding hydrogens is 290 g/mol. The van der Waals surface area contributed by atoms with Gasteiger partial charge in [-0.15, -0.1) is 0 Å². The quantitative estimate of drug-likeness (QED) is 0.746. The molecule has 0 saturated carbocycles. The van der Waals surface area contributed by atoms with Crippen molar-refractivity contribution in [1.29, 1.82) is 0 Å². The number of esters is 1. The number of rotatable bonds is 2. The molecule has 0 bridgehead atoms. The normalized spacial score (nSPS) is 20.1. The summed E-state index contributed by atoms with van der Waals surface area (Å²) in [6.07, 6.45) is 2.77. The first-order valence-electron chi connectivity index (χ1n) is 5.12. The lowest BCUT2D eigenvalue weighted by atomic mass is 10.3. The van der Waals surface area contributed by atoms with E-state index in [-0.39, 0.29) is 5.97 Å². The van der Waals surface area contributed by atoms with Crippen LogP contribution in [0.4, 0.5) is 5.95 Å². The lowest BCUT2D eigenvalue weighted by Crippen LogP contribution is -2.47. The monoisotopic (exact) mass is 301 g/mol. The van der Waals surface area contributed by atoms with Crippen molar-refractivity contribution < 1.29 is 14.3 Å². The number of hydrogen-bond donors (Lipinski definition) is 0. The van der Waals surface area contributed by atoms with Crippen molar-refractivity contribution >= 4 is 27.8 Å². The second kappa shape index (κ2) is 5.42. The lowest BCUT2D eigenvalue weighted by Gasteiger charge is -2.31. The minimum Gasteiger partial charge on any atom is -0.467 e. The van der Waals surface area contributed by atoms with E-state index in [0.717, 1.165) is 4.47 Å². The van der Waals surface area contributed by atoms with Crippen LogP contribution in [-0.2, 0) is 14.3 Å². The van der Waals surface area contributed by atoms with Gasteiger partial charge in [0, 0.05) is 18.9 Å². The van der Waals surface area contributed by atoms with Crippen LogP contribution in [0.1, 0.15) is 0 Å². The molecule has 0 spiro atoms. The van der Waals surface area contributed by atoms with Crippen molar-refractivity contribution in [3.63, 3.8) is 0 Å². The summed E-state index contributed by atoms with van der Waals surface area (Å²) in [5.74, 6) is 0.220. The Kier molecular flexibility index (Phi) is 3.90. The highest BCUT2D eigenvalue weighted by atomic mass is 79.9. The van der Waals surface area contributed by atoms with E-state index in [1.165, 1.54) is 7.11 Å². The van der Waals surface area contributed by atoms with E-state index >= 15 is 0 Å². The molecule has 6 nitrogen and oxygen atoms in total. The molecular formula is C10H12BrN3O3. The van der Waals surface area contributed by atoms with Gasteiger partial charge in [0.2, 0.25) is 5.95 Å². The first-order chi connectivity index (χ1) is 8.20. The molecule has 2 rings (SSSR count). The number of ether oxygens (including phenoxy) is 2. The van der Waals surface area contributed by atoms with Gasteiger partial charge in [0.05, 0.1) is 24.7 Å². The zero-order valence-corrected chi connectivity index (χ0v) is 10.9. The number of methoxy groups -OCH3 is 1. The van der Waals surface area contributed by atoms with E-state index in [1.807, 2.05) is 4.90 Å². The largest absolute Gasteiger partial charge is 0.467 e. The molecule has 1 fully saturated rings. The highest BCUT2D eigenvalue weighted by molar-refractivity contribution is 9.10. The van der Waals surface area contributed by atoms with Crippen LogP contribution in [0.15, 0.2) is 16.9 Å². The van der Waals surface area contributed by atoms with Gasteiger partial charge >= 0.3 is 5.97 Å². The van der Waals surface area contributed by atoms with Crippen LogP contribution in [-0.4, -0.2) is 48.8 Å². The SMILES string of the molecule is COC(=O)C1CN(c2ncc(Br)cn2)CCO1. The fraction of sp³-hybridized carbons (Fsp3) is 0.500. The molecule has 17 heavy (non-hydrogen) atoms. The highest BCUT2D eigenvalue weighted by Gasteiger charge is 2.28. The second-order valence-electron chi connectivity index (χ2n) is 3.53. The Labute approximate surface area is 107 Å². The molecule has 92 valence electrons. The number of morpholine rings is 1. The van der Waals surface area contributed by atoms with Crippen molar-refractivity contribution in [3.05, 3.63) is 16.9 Å². The molecule has 2 heterocycles. The van der Waals surface area contributed by atoms with Gasteiger partial charge in [-0.2, -0.15) is 0 Å². The maximum Gasteiger partial charge on any atom is 0.336 e. The van der Waals surface area contributed by atoms with E-state index in [9.17, 15) is 4.79 Å². The van der Waals surface area contributed by atoms with E-state index in [4.69, 9.17) is 4.74 Å². The fourth-order valence-electron chi connectivity index (χ4n) is 1.57. The molecule has 1 aromatic heterocycles. The summed E-state index contributed by atoms with van der Waals surface area (Å²) < 4.78 is 10.8. The minimum atomic E-state index is -0.569. The lowest BCUT2D eigenvalue weighted by molar-refractivity contribution is -0.154. The molecule has 1 saturated heterocycles. The summed E-state index contributed by atoms with van der Waals surface area (Å²) in [4.78, 5) is 21.6. The molecule has 0 aromatic carbocycles. The number of hydrogen-bond acceptors (Lipinski definition) is 6. The van der Waals surface area contributed by atoms with Gasteiger partial charge in [-0.3, -0.25) is 0 Å². The van der Waals surface area contributed by atoms with E-state index in [0.29, 0.717) is 25.6 Å². The molecule has 1 atom stereocenters. The van der Waals surface area contributed by atoms with Crippen molar-refractivity contribution in [1.82, 2.24) is 9.97 Å². The number of nitrogens with zero attached hydrogens (tertiary/aromatic N) is 3. The van der Waals surface area contributed by atoms with Gasteiger partial charge in [-0.1, -0.05) is 0 Å². The third-order valence-electron chi connectivity index (χ3n) is 2.42. The number of aromatic nitrogens is 2.